The molecule has 28 heavy (non-hydrogen) atoms. The Balaban J connectivity index is 0.00000280. The SMILES string of the molecule is CN(C)C(CNC(=O)C1=C(c2ccccc2)SCCO1)c1ccc(Cl)cc1.Cl. The lowest BCUT2D eigenvalue weighted by Gasteiger charge is -2.26. The first kappa shape index (κ1) is 22.6. The molecule has 2 aromatic carbocycles. The van der Waals surface area contributed by atoms with Gasteiger partial charge in [0.15, 0.2) is 5.76 Å². The number of halogens is 2. The number of carbonyl (C=O) groups is 1. The maximum atomic E-state index is 12.8. The van der Waals surface area contributed by atoms with Gasteiger partial charge in [-0.05, 0) is 37.4 Å². The molecule has 0 radical (unpaired) electrons. The molecule has 1 heterocycles. The van der Waals surface area contributed by atoms with E-state index in [0.29, 0.717) is 23.9 Å². The highest BCUT2D eigenvalue weighted by molar-refractivity contribution is 8.08. The Morgan fingerprint density at radius 2 is 1.86 bits per heavy atom. The fourth-order valence-electron chi connectivity index (χ4n) is 2.94. The first-order valence-electron chi connectivity index (χ1n) is 8.81. The molecule has 7 heteroatoms. The number of nitrogens with one attached hydrogen (secondary N) is 1. The molecule has 1 aliphatic rings. The second kappa shape index (κ2) is 10.8. The second-order valence-corrected chi connectivity index (χ2v) is 8.00. The average Bonchev–Trinajstić information content (AvgIpc) is 2.70. The maximum absolute atomic E-state index is 12.8. The number of likely N-dealkylation sites (N-methyl/N-ethyl adjacent to an activating group) is 1. The third-order valence-electron chi connectivity index (χ3n) is 4.36. The van der Waals surface area contributed by atoms with Crippen LogP contribution in [0.5, 0.6) is 0 Å². The molecule has 4 nitrogen and oxygen atoms in total. The van der Waals surface area contributed by atoms with Crippen molar-refractivity contribution in [3.8, 4) is 0 Å². The zero-order valence-electron chi connectivity index (χ0n) is 15.9. The largest absolute Gasteiger partial charge is 0.486 e. The van der Waals surface area contributed by atoms with Crippen LogP contribution in [0.25, 0.3) is 4.91 Å². The van der Waals surface area contributed by atoms with Gasteiger partial charge in [-0.2, -0.15) is 0 Å². The molecule has 1 N–H and O–H groups in total. The Labute approximate surface area is 181 Å². The molecule has 0 bridgehead atoms. The van der Waals surface area contributed by atoms with Crippen LogP contribution in [0, 0.1) is 0 Å². The van der Waals surface area contributed by atoms with Crippen LogP contribution < -0.4 is 5.32 Å². The standard InChI is InChI=1S/C21H23ClN2O2S.ClH/c1-24(2)18(15-8-10-17(22)11-9-15)14-23-21(25)19-20(27-13-12-26-19)16-6-4-3-5-7-16;/h3-11,18H,12-14H2,1-2H3,(H,23,25);1H. The van der Waals surface area contributed by atoms with Gasteiger partial charge in [0.25, 0.3) is 5.91 Å². The minimum Gasteiger partial charge on any atom is -0.486 e. The summed E-state index contributed by atoms with van der Waals surface area (Å²) in [4.78, 5) is 15.8. The van der Waals surface area contributed by atoms with Crippen LogP contribution in [0.2, 0.25) is 5.02 Å². The van der Waals surface area contributed by atoms with E-state index in [1.807, 2.05) is 68.7 Å². The van der Waals surface area contributed by atoms with E-state index in [1.165, 1.54) is 0 Å². The Morgan fingerprint density at radius 1 is 1.18 bits per heavy atom. The quantitative estimate of drug-likeness (QED) is 0.714. The van der Waals surface area contributed by atoms with Crippen LogP contribution in [-0.4, -0.2) is 43.8 Å². The maximum Gasteiger partial charge on any atom is 0.287 e. The van der Waals surface area contributed by atoms with Crippen molar-refractivity contribution in [2.45, 2.75) is 6.04 Å². The molecule has 3 rings (SSSR count). The molecule has 150 valence electrons. The highest BCUT2D eigenvalue weighted by Crippen LogP contribution is 2.34. The van der Waals surface area contributed by atoms with Gasteiger partial charge in [-0.1, -0.05) is 54.1 Å². The molecule has 1 aliphatic heterocycles. The van der Waals surface area contributed by atoms with E-state index in [9.17, 15) is 4.79 Å². The van der Waals surface area contributed by atoms with Gasteiger partial charge >= 0.3 is 0 Å². The summed E-state index contributed by atoms with van der Waals surface area (Å²) in [5.41, 5.74) is 2.11. The number of thioether (sulfide) groups is 1. The van der Waals surface area contributed by atoms with Gasteiger partial charge < -0.3 is 15.0 Å². The number of benzene rings is 2. The molecule has 0 fully saturated rings. The highest BCUT2D eigenvalue weighted by atomic mass is 35.5. The Kier molecular flexibility index (Phi) is 8.70. The van der Waals surface area contributed by atoms with E-state index >= 15 is 0 Å². The fourth-order valence-corrected chi connectivity index (χ4v) is 4.03. The molecular formula is C21H24Cl2N2O2S. The summed E-state index contributed by atoms with van der Waals surface area (Å²) in [6.07, 6.45) is 0. The summed E-state index contributed by atoms with van der Waals surface area (Å²) in [6.45, 7) is 1.02. The van der Waals surface area contributed by atoms with Crippen molar-refractivity contribution in [1.29, 1.82) is 0 Å². The van der Waals surface area contributed by atoms with Crippen LogP contribution in [0.15, 0.2) is 60.4 Å². The Hall–Kier alpha value is -1.66. The second-order valence-electron chi connectivity index (χ2n) is 6.46. The summed E-state index contributed by atoms with van der Waals surface area (Å²) in [6, 6.07) is 17.7. The van der Waals surface area contributed by atoms with Crippen molar-refractivity contribution in [1.82, 2.24) is 10.2 Å². The van der Waals surface area contributed by atoms with Gasteiger partial charge in [-0.25, -0.2) is 0 Å². The first-order valence-corrected chi connectivity index (χ1v) is 10.2. The Bertz CT molecular complexity index is 811. The zero-order valence-corrected chi connectivity index (χ0v) is 18.2. The van der Waals surface area contributed by atoms with E-state index in [1.54, 1.807) is 11.8 Å². The zero-order chi connectivity index (χ0) is 19.2. The van der Waals surface area contributed by atoms with Crippen LogP contribution in [-0.2, 0) is 9.53 Å². The summed E-state index contributed by atoms with van der Waals surface area (Å²) in [5, 5.41) is 3.74. The van der Waals surface area contributed by atoms with Crippen LogP contribution >= 0.6 is 35.8 Å². The first-order chi connectivity index (χ1) is 13.1. The van der Waals surface area contributed by atoms with Crippen LogP contribution in [0.4, 0.5) is 0 Å². The lowest BCUT2D eigenvalue weighted by molar-refractivity contribution is -0.120. The van der Waals surface area contributed by atoms with E-state index in [2.05, 4.69) is 10.2 Å². The predicted octanol–water partition coefficient (Wildman–Crippen LogP) is 4.61. The lowest BCUT2D eigenvalue weighted by atomic mass is 10.1. The topological polar surface area (TPSA) is 41.6 Å². The number of nitrogens with zero attached hydrogens (tertiary/aromatic N) is 1. The minimum absolute atomic E-state index is 0. The fraction of sp³-hybridized carbons (Fsp3) is 0.286. The summed E-state index contributed by atoms with van der Waals surface area (Å²) in [7, 11) is 3.99. The molecule has 0 aromatic heterocycles. The smallest absolute Gasteiger partial charge is 0.287 e. The van der Waals surface area contributed by atoms with E-state index in [4.69, 9.17) is 16.3 Å². The summed E-state index contributed by atoms with van der Waals surface area (Å²) >= 11 is 7.65. The predicted molar refractivity (Wildman–Crippen MR) is 120 cm³/mol. The van der Waals surface area contributed by atoms with Crippen molar-refractivity contribution in [2.75, 3.05) is 33.0 Å². The number of carbonyl (C=O) groups excluding carboxylic acids is 1. The van der Waals surface area contributed by atoms with Crippen molar-refractivity contribution in [3.05, 3.63) is 76.5 Å². The monoisotopic (exact) mass is 438 g/mol. The normalized spacial score (nSPS) is 14.9. The summed E-state index contributed by atoms with van der Waals surface area (Å²) in [5.74, 6) is 1.07. The van der Waals surface area contributed by atoms with Gasteiger partial charge in [0.05, 0.1) is 17.6 Å². The van der Waals surface area contributed by atoms with Crippen LogP contribution in [0.1, 0.15) is 17.2 Å². The third-order valence-corrected chi connectivity index (χ3v) is 5.69. The van der Waals surface area contributed by atoms with Crippen molar-refractivity contribution >= 4 is 46.6 Å². The molecule has 0 spiro atoms. The minimum atomic E-state index is -0.179. The van der Waals surface area contributed by atoms with Crippen molar-refractivity contribution < 1.29 is 9.53 Å². The molecular weight excluding hydrogens is 415 g/mol. The number of hydrogen-bond acceptors (Lipinski definition) is 4. The number of hydrogen-bond donors (Lipinski definition) is 1. The molecule has 0 saturated carbocycles. The van der Waals surface area contributed by atoms with Gasteiger partial charge in [0.1, 0.15) is 0 Å². The molecule has 1 unspecified atom stereocenters. The van der Waals surface area contributed by atoms with Crippen LogP contribution in [0.3, 0.4) is 0 Å². The molecule has 0 saturated heterocycles. The molecule has 1 atom stereocenters. The number of ether oxygens (including phenoxy) is 1. The lowest BCUT2D eigenvalue weighted by Crippen LogP contribution is -2.36. The number of amides is 1. The number of rotatable bonds is 6. The summed E-state index contributed by atoms with van der Waals surface area (Å²) < 4.78 is 5.74. The Morgan fingerprint density at radius 3 is 2.50 bits per heavy atom. The molecule has 2 aromatic rings. The van der Waals surface area contributed by atoms with Gasteiger partial charge in [0, 0.05) is 17.3 Å². The molecule has 0 aliphatic carbocycles. The van der Waals surface area contributed by atoms with Gasteiger partial charge in [-0.15, -0.1) is 24.2 Å². The van der Waals surface area contributed by atoms with Gasteiger partial charge in [0.2, 0.25) is 0 Å². The van der Waals surface area contributed by atoms with E-state index in [0.717, 1.165) is 21.8 Å². The van der Waals surface area contributed by atoms with Gasteiger partial charge in [-0.3, -0.25) is 4.79 Å². The van der Waals surface area contributed by atoms with Crippen molar-refractivity contribution in [3.63, 3.8) is 0 Å². The van der Waals surface area contributed by atoms with E-state index < -0.39 is 0 Å². The third kappa shape index (κ3) is 5.67. The highest BCUT2D eigenvalue weighted by Gasteiger charge is 2.24. The van der Waals surface area contributed by atoms with Crippen molar-refractivity contribution in [2.24, 2.45) is 0 Å². The van der Waals surface area contributed by atoms with E-state index in [-0.39, 0.29) is 24.4 Å². The molecule has 1 amide bonds. The average molecular weight is 439 g/mol.